The normalized spacial score (nSPS) is 21.3. The zero-order valence-corrected chi connectivity index (χ0v) is 13.9. The monoisotopic (exact) mass is 341 g/mol. The lowest BCUT2D eigenvalue weighted by Crippen LogP contribution is -2.37. The zero-order chi connectivity index (χ0) is 15.7. The number of aliphatic hydroxyl groups excluding tert-OH is 1. The molecule has 0 aromatic carbocycles. The molecule has 0 spiro atoms. The first kappa shape index (κ1) is 15.7. The molecule has 1 saturated heterocycles. The zero-order valence-electron chi connectivity index (χ0n) is 12.3. The molecule has 3 rings (SSSR count). The Labute approximate surface area is 134 Å². The maximum absolute atomic E-state index is 12.8. The van der Waals surface area contributed by atoms with Gasteiger partial charge in [-0.2, -0.15) is 9.40 Å². The molecule has 0 radical (unpaired) electrons. The van der Waals surface area contributed by atoms with Crippen molar-refractivity contribution in [2.75, 3.05) is 6.54 Å². The molecule has 3 heterocycles. The average molecular weight is 341 g/mol. The largest absolute Gasteiger partial charge is 0.388 e. The fraction of sp³-hybridized carbons (Fsp3) is 0.500. The molecule has 1 N–H and O–H groups in total. The van der Waals surface area contributed by atoms with E-state index in [9.17, 15) is 13.5 Å². The molecule has 2 aromatic heterocycles. The van der Waals surface area contributed by atoms with Crippen LogP contribution in [0.3, 0.4) is 0 Å². The molecule has 1 aliphatic rings. The summed E-state index contributed by atoms with van der Waals surface area (Å²) in [5.41, 5.74) is 0. The van der Waals surface area contributed by atoms with E-state index in [2.05, 4.69) is 5.10 Å². The second kappa shape index (κ2) is 6.11. The predicted molar refractivity (Wildman–Crippen MR) is 84.0 cm³/mol. The van der Waals surface area contributed by atoms with Gasteiger partial charge in [0.05, 0.1) is 12.3 Å². The molecule has 6 nitrogen and oxygen atoms in total. The van der Waals surface area contributed by atoms with E-state index in [4.69, 9.17) is 0 Å². The number of aliphatic hydroxyl groups is 1. The van der Waals surface area contributed by atoms with Gasteiger partial charge in [0.2, 0.25) is 0 Å². The highest BCUT2D eigenvalue weighted by Gasteiger charge is 2.37. The molecular formula is C14H19N3O3S2. The number of nitrogens with zero attached hydrogens (tertiary/aromatic N) is 3. The molecule has 22 heavy (non-hydrogen) atoms. The minimum absolute atomic E-state index is 0.169. The molecule has 1 fully saturated rings. The molecule has 2 atom stereocenters. The number of aryl methyl sites for hydroxylation is 1. The predicted octanol–water partition coefficient (Wildman–Crippen LogP) is 1.76. The Morgan fingerprint density at radius 1 is 1.50 bits per heavy atom. The van der Waals surface area contributed by atoms with Gasteiger partial charge in [-0.25, -0.2) is 8.42 Å². The lowest BCUT2D eigenvalue weighted by molar-refractivity contribution is 0.145. The van der Waals surface area contributed by atoms with Crippen LogP contribution in [0.25, 0.3) is 0 Å². The van der Waals surface area contributed by atoms with Crippen LogP contribution in [0.15, 0.2) is 34.8 Å². The Balaban J connectivity index is 1.80. The quantitative estimate of drug-likeness (QED) is 0.899. The summed E-state index contributed by atoms with van der Waals surface area (Å²) in [6.07, 6.45) is 2.89. The highest BCUT2D eigenvalue weighted by atomic mass is 32.2. The van der Waals surface area contributed by atoms with Crippen molar-refractivity contribution in [2.45, 2.75) is 36.4 Å². The van der Waals surface area contributed by atoms with Crippen LogP contribution in [-0.4, -0.2) is 40.2 Å². The Morgan fingerprint density at radius 3 is 2.95 bits per heavy atom. The summed E-state index contributed by atoms with van der Waals surface area (Å²) < 4.78 is 28.5. The maximum atomic E-state index is 12.8. The highest BCUT2D eigenvalue weighted by Crippen LogP contribution is 2.32. The summed E-state index contributed by atoms with van der Waals surface area (Å²) >= 11 is 1.49. The van der Waals surface area contributed by atoms with E-state index >= 15 is 0 Å². The maximum Gasteiger partial charge on any atom is 0.260 e. The first-order chi connectivity index (χ1) is 10.5. The Morgan fingerprint density at radius 2 is 2.32 bits per heavy atom. The van der Waals surface area contributed by atoms with Gasteiger partial charge >= 0.3 is 0 Å². The molecule has 0 amide bonds. The molecule has 1 aliphatic heterocycles. The number of rotatable bonds is 5. The fourth-order valence-corrected chi connectivity index (χ4v) is 5.48. The molecule has 8 heteroatoms. The number of hydrogen-bond acceptors (Lipinski definition) is 5. The lowest BCUT2D eigenvalue weighted by atomic mass is 10.1. The van der Waals surface area contributed by atoms with Crippen LogP contribution < -0.4 is 0 Å². The average Bonchev–Trinajstić information content (AvgIpc) is 3.19. The van der Waals surface area contributed by atoms with E-state index in [1.165, 1.54) is 32.6 Å². The second-order valence-corrected chi connectivity index (χ2v) is 8.29. The number of aromatic nitrogens is 2. The first-order valence-corrected chi connectivity index (χ1v) is 9.53. The lowest BCUT2D eigenvalue weighted by Gasteiger charge is -2.25. The van der Waals surface area contributed by atoms with Crippen LogP contribution in [0.5, 0.6) is 0 Å². The van der Waals surface area contributed by atoms with Crippen LogP contribution in [0.1, 0.15) is 30.2 Å². The van der Waals surface area contributed by atoms with Gasteiger partial charge in [0.25, 0.3) is 10.0 Å². The van der Waals surface area contributed by atoms with Gasteiger partial charge in [0, 0.05) is 24.5 Å². The van der Waals surface area contributed by atoms with Crippen molar-refractivity contribution < 1.29 is 13.5 Å². The first-order valence-electron chi connectivity index (χ1n) is 7.21. The second-order valence-electron chi connectivity index (χ2n) is 5.47. The highest BCUT2D eigenvalue weighted by molar-refractivity contribution is 7.89. The van der Waals surface area contributed by atoms with Crippen LogP contribution in [-0.2, 0) is 17.1 Å². The van der Waals surface area contributed by atoms with Gasteiger partial charge in [-0.3, -0.25) is 4.68 Å². The molecule has 120 valence electrons. The summed E-state index contributed by atoms with van der Waals surface area (Å²) in [5, 5.41) is 16.4. The smallest absolute Gasteiger partial charge is 0.260 e. The summed E-state index contributed by atoms with van der Waals surface area (Å²) in [7, 11) is -1.94. The SMILES string of the molecule is Cn1nccc1S(=O)(=O)N1CCCC1CC(O)c1cccs1. The Bertz CT molecular complexity index is 724. The Kier molecular flexibility index (Phi) is 4.35. The number of thiophene rings is 1. The number of sulfonamides is 1. The molecular weight excluding hydrogens is 322 g/mol. The van der Waals surface area contributed by atoms with Crippen molar-refractivity contribution >= 4 is 21.4 Å². The van der Waals surface area contributed by atoms with Gasteiger partial charge < -0.3 is 5.11 Å². The van der Waals surface area contributed by atoms with Crippen LogP contribution in [0.4, 0.5) is 0 Å². The van der Waals surface area contributed by atoms with Crippen molar-refractivity contribution in [3.63, 3.8) is 0 Å². The van der Waals surface area contributed by atoms with E-state index in [-0.39, 0.29) is 11.1 Å². The minimum Gasteiger partial charge on any atom is -0.388 e. The van der Waals surface area contributed by atoms with Gasteiger partial charge in [-0.1, -0.05) is 6.07 Å². The number of hydrogen-bond donors (Lipinski definition) is 1. The van der Waals surface area contributed by atoms with Crippen molar-refractivity contribution in [2.24, 2.45) is 7.05 Å². The molecule has 2 unspecified atom stereocenters. The van der Waals surface area contributed by atoms with Crippen LogP contribution >= 0.6 is 11.3 Å². The van der Waals surface area contributed by atoms with Gasteiger partial charge in [0.15, 0.2) is 5.03 Å². The van der Waals surface area contributed by atoms with Gasteiger partial charge in [0.1, 0.15) is 0 Å². The van der Waals surface area contributed by atoms with E-state index in [1.54, 1.807) is 7.05 Å². The third-order valence-electron chi connectivity index (χ3n) is 4.04. The van der Waals surface area contributed by atoms with Gasteiger partial charge in [-0.05, 0) is 36.8 Å². The third kappa shape index (κ3) is 2.83. The van der Waals surface area contributed by atoms with Crippen molar-refractivity contribution in [1.29, 1.82) is 0 Å². The van der Waals surface area contributed by atoms with Gasteiger partial charge in [-0.15, -0.1) is 11.3 Å². The van der Waals surface area contributed by atoms with Crippen molar-refractivity contribution in [3.05, 3.63) is 34.7 Å². The molecule has 2 aromatic rings. The molecule has 0 saturated carbocycles. The molecule has 0 bridgehead atoms. The van der Waals surface area contributed by atoms with E-state index < -0.39 is 16.1 Å². The summed E-state index contributed by atoms with van der Waals surface area (Å²) in [5.74, 6) is 0. The molecule has 0 aliphatic carbocycles. The summed E-state index contributed by atoms with van der Waals surface area (Å²) in [6, 6.07) is 5.11. The van der Waals surface area contributed by atoms with E-state index in [1.807, 2.05) is 17.5 Å². The summed E-state index contributed by atoms with van der Waals surface area (Å²) in [4.78, 5) is 0.879. The van der Waals surface area contributed by atoms with Crippen molar-refractivity contribution in [1.82, 2.24) is 14.1 Å². The fourth-order valence-electron chi connectivity index (χ4n) is 2.95. The third-order valence-corrected chi connectivity index (χ3v) is 7.04. The van der Waals surface area contributed by atoms with Crippen molar-refractivity contribution in [3.8, 4) is 0 Å². The summed E-state index contributed by atoms with van der Waals surface area (Å²) in [6.45, 7) is 0.495. The minimum atomic E-state index is -3.56. The van der Waals surface area contributed by atoms with E-state index in [0.717, 1.165) is 17.7 Å². The van der Waals surface area contributed by atoms with Crippen LogP contribution in [0.2, 0.25) is 0 Å². The van der Waals surface area contributed by atoms with E-state index in [0.29, 0.717) is 13.0 Å². The standard InChI is InChI=1S/C14H19N3O3S2/c1-16-14(6-7-15-16)22(19,20)17-8-2-4-11(17)10-12(18)13-5-3-9-21-13/h3,5-7,9,11-12,18H,2,4,8,10H2,1H3. The topological polar surface area (TPSA) is 75.4 Å². The Hall–Kier alpha value is -1.22. The van der Waals surface area contributed by atoms with Crippen LogP contribution in [0, 0.1) is 0 Å².